The number of methoxy groups -OCH3 is 1. The Bertz CT molecular complexity index is 599. The highest BCUT2D eigenvalue weighted by Crippen LogP contribution is 2.26. The minimum absolute atomic E-state index is 0.314. The third-order valence-electron chi connectivity index (χ3n) is 4.22. The average molecular weight is 283 g/mol. The van der Waals surface area contributed by atoms with E-state index in [1.54, 1.807) is 7.11 Å². The average Bonchev–Trinajstić information content (AvgIpc) is 2.47. The fourth-order valence-electron chi connectivity index (χ4n) is 2.88. The molecule has 0 heterocycles. The van der Waals surface area contributed by atoms with E-state index in [9.17, 15) is 0 Å². The molecule has 0 saturated carbocycles. The molecule has 21 heavy (non-hydrogen) atoms. The van der Waals surface area contributed by atoms with Gasteiger partial charge in [0.15, 0.2) is 0 Å². The topological polar surface area (TPSA) is 21.3 Å². The van der Waals surface area contributed by atoms with Crippen molar-refractivity contribution in [3.8, 4) is 5.75 Å². The molecule has 0 aromatic heterocycles. The summed E-state index contributed by atoms with van der Waals surface area (Å²) in [5.41, 5.74) is 6.64. The summed E-state index contributed by atoms with van der Waals surface area (Å²) in [5, 5.41) is 3.45. The Labute approximate surface area is 128 Å². The molecule has 2 nitrogen and oxygen atoms in total. The number of aryl methyl sites for hydroxylation is 3. The summed E-state index contributed by atoms with van der Waals surface area (Å²) < 4.78 is 5.35. The van der Waals surface area contributed by atoms with Crippen LogP contribution < -0.4 is 10.1 Å². The van der Waals surface area contributed by atoms with Gasteiger partial charge in [0.1, 0.15) is 5.75 Å². The van der Waals surface area contributed by atoms with Gasteiger partial charge in [-0.3, -0.25) is 0 Å². The van der Waals surface area contributed by atoms with Crippen molar-refractivity contribution < 1.29 is 4.74 Å². The van der Waals surface area contributed by atoms with Crippen molar-refractivity contribution in [3.05, 3.63) is 64.2 Å². The highest BCUT2D eigenvalue weighted by molar-refractivity contribution is 5.39. The normalized spacial score (nSPS) is 12.2. The SMILES string of the molecule is CNC(Cc1c(C)cccc1C)c1ccc(OC)c(C)c1. The van der Waals surface area contributed by atoms with Crippen LogP contribution in [0.1, 0.15) is 33.9 Å². The molecular weight excluding hydrogens is 258 g/mol. The second-order valence-electron chi connectivity index (χ2n) is 5.64. The first-order valence-electron chi connectivity index (χ1n) is 7.43. The van der Waals surface area contributed by atoms with Crippen LogP contribution in [0.2, 0.25) is 0 Å². The van der Waals surface area contributed by atoms with Gasteiger partial charge in [0.25, 0.3) is 0 Å². The molecule has 112 valence electrons. The molecule has 0 fully saturated rings. The Morgan fingerprint density at radius 3 is 2.19 bits per heavy atom. The van der Waals surface area contributed by atoms with E-state index in [-0.39, 0.29) is 0 Å². The van der Waals surface area contributed by atoms with Crippen LogP contribution in [-0.2, 0) is 6.42 Å². The molecule has 0 radical (unpaired) electrons. The lowest BCUT2D eigenvalue weighted by Gasteiger charge is -2.20. The summed E-state index contributed by atoms with van der Waals surface area (Å²) >= 11 is 0. The summed E-state index contributed by atoms with van der Waals surface area (Å²) in [5.74, 6) is 0.945. The van der Waals surface area contributed by atoms with Gasteiger partial charge in [0.05, 0.1) is 7.11 Å². The number of benzene rings is 2. The van der Waals surface area contributed by atoms with Crippen molar-refractivity contribution >= 4 is 0 Å². The van der Waals surface area contributed by atoms with E-state index in [0.717, 1.165) is 12.2 Å². The number of rotatable bonds is 5. The molecule has 0 aliphatic rings. The van der Waals surface area contributed by atoms with E-state index >= 15 is 0 Å². The Hall–Kier alpha value is -1.80. The minimum Gasteiger partial charge on any atom is -0.496 e. The van der Waals surface area contributed by atoms with Crippen LogP contribution in [0.25, 0.3) is 0 Å². The molecule has 0 spiro atoms. The molecule has 2 rings (SSSR count). The molecule has 1 unspecified atom stereocenters. The van der Waals surface area contributed by atoms with E-state index < -0.39 is 0 Å². The van der Waals surface area contributed by atoms with Gasteiger partial charge in [-0.15, -0.1) is 0 Å². The zero-order chi connectivity index (χ0) is 15.4. The molecular formula is C19H25NO. The molecule has 0 bridgehead atoms. The minimum atomic E-state index is 0.314. The monoisotopic (exact) mass is 283 g/mol. The van der Waals surface area contributed by atoms with Gasteiger partial charge in [-0.05, 0) is 68.1 Å². The van der Waals surface area contributed by atoms with Crippen LogP contribution in [0.3, 0.4) is 0 Å². The maximum Gasteiger partial charge on any atom is 0.121 e. The van der Waals surface area contributed by atoms with Crippen molar-refractivity contribution in [3.63, 3.8) is 0 Å². The van der Waals surface area contributed by atoms with Crippen molar-refractivity contribution in [2.24, 2.45) is 0 Å². The largest absolute Gasteiger partial charge is 0.496 e. The number of hydrogen-bond donors (Lipinski definition) is 1. The summed E-state index contributed by atoms with van der Waals surface area (Å²) in [6.45, 7) is 6.47. The first kappa shape index (κ1) is 15.6. The third-order valence-corrected chi connectivity index (χ3v) is 4.22. The lowest BCUT2D eigenvalue weighted by molar-refractivity contribution is 0.411. The first-order chi connectivity index (χ1) is 10.1. The molecule has 0 aliphatic carbocycles. The van der Waals surface area contributed by atoms with E-state index in [2.05, 4.69) is 62.5 Å². The van der Waals surface area contributed by atoms with Gasteiger partial charge < -0.3 is 10.1 Å². The Morgan fingerprint density at radius 1 is 1.00 bits per heavy atom. The highest BCUT2D eigenvalue weighted by atomic mass is 16.5. The van der Waals surface area contributed by atoms with Gasteiger partial charge in [0, 0.05) is 6.04 Å². The van der Waals surface area contributed by atoms with Crippen molar-refractivity contribution in [2.75, 3.05) is 14.2 Å². The second kappa shape index (κ2) is 6.77. The maximum absolute atomic E-state index is 5.35. The van der Waals surface area contributed by atoms with Crippen LogP contribution in [0.4, 0.5) is 0 Å². The van der Waals surface area contributed by atoms with Crippen LogP contribution in [-0.4, -0.2) is 14.2 Å². The predicted octanol–water partition coefficient (Wildman–Crippen LogP) is 4.12. The fraction of sp³-hybridized carbons (Fsp3) is 0.368. The molecule has 2 heteroatoms. The Kier molecular flexibility index (Phi) is 5.03. The Morgan fingerprint density at radius 2 is 1.67 bits per heavy atom. The van der Waals surface area contributed by atoms with Gasteiger partial charge in [-0.25, -0.2) is 0 Å². The molecule has 0 amide bonds. The van der Waals surface area contributed by atoms with Gasteiger partial charge in [-0.1, -0.05) is 30.3 Å². The van der Waals surface area contributed by atoms with Crippen LogP contribution >= 0.6 is 0 Å². The first-order valence-corrected chi connectivity index (χ1v) is 7.43. The Balaban J connectivity index is 2.30. The number of hydrogen-bond acceptors (Lipinski definition) is 2. The number of ether oxygens (including phenoxy) is 1. The zero-order valence-corrected chi connectivity index (χ0v) is 13.7. The van der Waals surface area contributed by atoms with Crippen LogP contribution in [0, 0.1) is 20.8 Å². The van der Waals surface area contributed by atoms with Crippen molar-refractivity contribution in [1.29, 1.82) is 0 Å². The molecule has 1 N–H and O–H groups in total. The highest BCUT2D eigenvalue weighted by Gasteiger charge is 2.14. The van der Waals surface area contributed by atoms with Crippen molar-refractivity contribution in [2.45, 2.75) is 33.2 Å². The summed E-state index contributed by atoms with van der Waals surface area (Å²) in [6.07, 6.45) is 1.00. The second-order valence-corrected chi connectivity index (χ2v) is 5.64. The smallest absolute Gasteiger partial charge is 0.121 e. The number of nitrogens with one attached hydrogen (secondary N) is 1. The van der Waals surface area contributed by atoms with Crippen molar-refractivity contribution in [1.82, 2.24) is 5.32 Å². The molecule has 2 aromatic carbocycles. The van der Waals surface area contributed by atoms with Gasteiger partial charge in [0.2, 0.25) is 0 Å². The standard InChI is InChI=1S/C19H25NO/c1-13-7-6-8-14(2)17(13)12-18(20-4)16-9-10-19(21-5)15(3)11-16/h6-11,18,20H,12H2,1-5H3. The summed E-state index contributed by atoms with van der Waals surface area (Å²) in [7, 11) is 3.74. The van der Waals surface area contributed by atoms with E-state index in [1.807, 2.05) is 7.05 Å². The van der Waals surface area contributed by atoms with Crippen LogP contribution in [0.5, 0.6) is 5.75 Å². The number of likely N-dealkylation sites (N-methyl/N-ethyl adjacent to an activating group) is 1. The van der Waals surface area contributed by atoms with Gasteiger partial charge in [-0.2, -0.15) is 0 Å². The lowest BCUT2D eigenvalue weighted by atomic mass is 9.92. The van der Waals surface area contributed by atoms with Crippen LogP contribution in [0.15, 0.2) is 36.4 Å². The van der Waals surface area contributed by atoms with E-state index in [4.69, 9.17) is 4.74 Å². The molecule has 2 aromatic rings. The lowest BCUT2D eigenvalue weighted by Crippen LogP contribution is -2.20. The quantitative estimate of drug-likeness (QED) is 0.891. The van der Waals surface area contributed by atoms with Gasteiger partial charge >= 0.3 is 0 Å². The fourth-order valence-corrected chi connectivity index (χ4v) is 2.88. The third kappa shape index (κ3) is 3.45. The summed E-state index contributed by atoms with van der Waals surface area (Å²) in [6, 6.07) is 13.2. The zero-order valence-electron chi connectivity index (χ0n) is 13.7. The molecule has 1 atom stereocenters. The van der Waals surface area contributed by atoms with E-state index in [1.165, 1.54) is 27.8 Å². The summed E-state index contributed by atoms with van der Waals surface area (Å²) in [4.78, 5) is 0. The molecule has 0 aliphatic heterocycles. The predicted molar refractivity (Wildman–Crippen MR) is 89.2 cm³/mol. The van der Waals surface area contributed by atoms with E-state index in [0.29, 0.717) is 6.04 Å². The maximum atomic E-state index is 5.35. The molecule has 0 saturated heterocycles.